The molecule has 3 aliphatic rings. The topological polar surface area (TPSA) is 71.1 Å². The quantitative estimate of drug-likeness (QED) is 0.769. The Hall–Kier alpha value is -1.18. The smallest absolute Gasteiger partial charge is 0.325 e. The van der Waals surface area contributed by atoms with Crippen molar-refractivity contribution >= 4 is 11.9 Å². The van der Waals surface area contributed by atoms with Crippen LogP contribution in [0.4, 0.5) is 4.79 Å². The molecule has 0 aliphatic carbocycles. The third kappa shape index (κ3) is 3.36. The Bertz CT molecular complexity index is 488. The maximum Gasteiger partial charge on any atom is 0.325 e. The van der Waals surface area contributed by atoms with Gasteiger partial charge in [0.2, 0.25) is 0 Å². The molecule has 1 spiro atoms. The second kappa shape index (κ2) is 6.03. The first-order valence-corrected chi connectivity index (χ1v) is 8.43. The molecule has 1 unspecified atom stereocenters. The molecule has 3 aliphatic heterocycles. The van der Waals surface area contributed by atoms with Gasteiger partial charge in [0, 0.05) is 52.2 Å². The van der Waals surface area contributed by atoms with Crippen LogP contribution in [0.15, 0.2) is 0 Å². The molecule has 3 rings (SSSR count). The molecule has 23 heavy (non-hydrogen) atoms. The van der Waals surface area contributed by atoms with E-state index in [-0.39, 0.29) is 23.6 Å². The molecule has 0 saturated carbocycles. The summed E-state index contributed by atoms with van der Waals surface area (Å²) in [6.45, 7) is 9.81. The van der Waals surface area contributed by atoms with Crippen molar-refractivity contribution in [2.24, 2.45) is 0 Å². The number of nitrogens with one attached hydrogen (secondary N) is 1. The zero-order chi connectivity index (χ0) is 16.7. The van der Waals surface area contributed by atoms with Crippen molar-refractivity contribution in [2.75, 3.05) is 39.4 Å². The van der Waals surface area contributed by atoms with Gasteiger partial charge in [0.25, 0.3) is 5.91 Å². The molecular formula is C16H27N3O4. The van der Waals surface area contributed by atoms with Crippen molar-refractivity contribution < 1.29 is 19.1 Å². The van der Waals surface area contributed by atoms with Gasteiger partial charge in [0.1, 0.15) is 5.54 Å². The number of hydrogen-bond acceptors (Lipinski definition) is 5. The van der Waals surface area contributed by atoms with Gasteiger partial charge < -0.3 is 14.8 Å². The second-order valence-electron chi connectivity index (χ2n) is 7.47. The lowest BCUT2D eigenvalue weighted by Gasteiger charge is -2.47. The van der Waals surface area contributed by atoms with Crippen LogP contribution >= 0.6 is 0 Å². The molecule has 7 heteroatoms. The van der Waals surface area contributed by atoms with E-state index in [4.69, 9.17) is 9.47 Å². The Morgan fingerprint density at radius 1 is 1.22 bits per heavy atom. The summed E-state index contributed by atoms with van der Waals surface area (Å²) in [6.07, 6.45) is 1.97. The fourth-order valence-electron chi connectivity index (χ4n) is 3.79. The molecule has 3 fully saturated rings. The highest BCUT2D eigenvalue weighted by Crippen LogP contribution is 2.31. The number of rotatable bonds is 3. The Morgan fingerprint density at radius 3 is 2.52 bits per heavy atom. The van der Waals surface area contributed by atoms with E-state index in [1.54, 1.807) is 13.8 Å². The van der Waals surface area contributed by atoms with E-state index >= 15 is 0 Å². The predicted octanol–water partition coefficient (Wildman–Crippen LogP) is 0.587. The largest absolute Gasteiger partial charge is 0.381 e. The van der Waals surface area contributed by atoms with E-state index in [9.17, 15) is 9.59 Å². The number of imide groups is 1. The van der Waals surface area contributed by atoms with Crippen LogP contribution in [0.1, 0.15) is 33.6 Å². The molecular weight excluding hydrogens is 298 g/mol. The summed E-state index contributed by atoms with van der Waals surface area (Å²) in [6, 6.07) is -0.290. The summed E-state index contributed by atoms with van der Waals surface area (Å²) in [5.74, 6) is -0.149. The number of ether oxygens (including phenoxy) is 2. The van der Waals surface area contributed by atoms with Crippen molar-refractivity contribution in [2.45, 2.75) is 50.9 Å². The van der Waals surface area contributed by atoms with E-state index < -0.39 is 5.54 Å². The van der Waals surface area contributed by atoms with E-state index in [2.05, 4.69) is 17.1 Å². The average molecular weight is 325 g/mol. The minimum absolute atomic E-state index is 0.132. The van der Waals surface area contributed by atoms with E-state index in [1.165, 1.54) is 4.90 Å². The van der Waals surface area contributed by atoms with Gasteiger partial charge in [-0.15, -0.1) is 0 Å². The van der Waals surface area contributed by atoms with Crippen LogP contribution in [-0.4, -0.2) is 78.4 Å². The van der Waals surface area contributed by atoms with Crippen molar-refractivity contribution in [3.05, 3.63) is 0 Å². The minimum Gasteiger partial charge on any atom is -0.381 e. The number of nitrogens with zero attached hydrogens (tertiary/aromatic N) is 2. The molecule has 130 valence electrons. The lowest BCUT2D eigenvalue weighted by Crippen LogP contribution is -2.58. The van der Waals surface area contributed by atoms with Gasteiger partial charge in [0.05, 0.1) is 11.7 Å². The molecule has 0 radical (unpaired) electrons. The lowest BCUT2D eigenvalue weighted by atomic mass is 9.91. The number of carbonyl (C=O) groups is 2. The number of carbonyl (C=O) groups excluding carboxylic acids is 2. The molecule has 7 nitrogen and oxygen atoms in total. The predicted molar refractivity (Wildman–Crippen MR) is 84.1 cm³/mol. The molecule has 3 saturated heterocycles. The Morgan fingerprint density at radius 2 is 1.91 bits per heavy atom. The summed E-state index contributed by atoms with van der Waals surface area (Å²) in [4.78, 5) is 27.9. The maximum atomic E-state index is 12.3. The third-order valence-electron chi connectivity index (χ3n) is 4.97. The summed E-state index contributed by atoms with van der Waals surface area (Å²) in [5.41, 5.74) is -0.927. The molecule has 1 N–H and O–H groups in total. The zero-order valence-corrected chi connectivity index (χ0v) is 14.3. The molecule has 1 atom stereocenters. The third-order valence-corrected chi connectivity index (χ3v) is 4.97. The van der Waals surface area contributed by atoms with Crippen molar-refractivity contribution in [3.8, 4) is 0 Å². The van der Waals surface area contributed by atoms with Crippen LogP contribution in [0.3, 0.4) is 0 Å². The fraction of sp³-hybridized carbons (Fsp3) is 0.875. The molecule has 0 aromatic rings. The van der Waals surface area contributed by atoms with E-state index in [0.717, 1.165) is 39.1 Å². The Balaban J connectivity index is 1.59. The summed E-state index contributed by atoms with van der Waals surface area (Å²) in [5, 5.41) is 2.72. The normalized spacial score (nSPS) is 30.7. The monoisotopic (exact) mass is 325 g/mol. The van der Waals surface area contributed by atoms with Crippen molar-refractivity contribution in [1.29, 1.82) is 0 Å². The van der Waals surface area contributed by atoms with E-state index in [0.29, 0.717) is 13.1 Å². The number of hydrogen-bond donors (Lipinski definition) is 1. The van der Waals surface area contributed by atoms with Crippen LogP contribution in [0, 0.1) is 0 Å². The summed E-state index contributed by atoms with van der Waals surface area (Å²) >= 11 is 0. The van der Waals surface area contributed by atoms with E-state index in [1.807, 2.05) is 0 Å². The van der Waals surface area contributed by atoms with Crippen molar-refractivity contribution in [1.82, 2.24) is 15.1 Å². The zero-order valence-electron chi connectivity index (χ0n) is 14.3. The van der Waals surface area contributed by atoms with Crippen LogP contribution in [0.25, 0.3) is 0 Å². The molecule has 3 heterocycles. The molecule has 0 aromatic carbocycles. The maximum absolute atomic E-state index is 12.3. The van der Waals surface area contributed by atoms with Crippen LogP contribution in [0.5, 0.6) is 0 Å². The van der Waals surface area contributed by atoms with Crippen molar-refractivity contribution in [3.63, 3.8) is 0 Å². The second-order valence-corrected chi connectivity index (χ2v) is 7.47. The van der Waals surface area contributed by atoms with Crippen LogP contribution < -0.4 is 5.32 Å². The van der Waals surface area contributed by atoms with Crippen LogP contribution in [0.2, 0.25) is 0 Å². The standard InChI is InChI=1S/C16H27N3O4/c1-12-10-18(11-16(23-12)4-8-22-9-5-16)6-7-19-13(20)15(2,3)17-14(19)21/h12H,4-11H2,1-3H3,(H,17,21). The average Bonchev–Trinajstić information content (AvgIpc) is 2.65. The van der Waals surface area contributed by atoms with Crippen LogP contribution in [-0.2, 0) is 14.3 Å². The number of urea groups is 1. The minimum atomic E-state index is -0.794. The Kier molecular flexibility index (Phi) is 4.37. The SMILES string of the molecule is CC1CN(CCN2C(=O)NC(C)(C)C2=O)CC2(CCOCC2)O1. The van der Waals surface area contributed by atoms with Gasteiger partial charge in [-0.2, -0.15) is 0 Å². The molecule has 0 aromatic heterocycles. The van der Waals surface area contributed by atoms with Gasteiger partial charge in [-0.1, -0.05) is 0 Å². The first kappa shape index (κ1) is 16.7. The highest BCUT2D eigenvalue weighted by Gasteiger charge is 2.45. The van der Waals surface area contributed by atoms with Gasteiger partial charge in [0.15, 0.2) is 0 Å². The first-order valence-electron chi connectivity index (χ1n) is 8.43. The number of morpholine rings is 1. The highest BCUT2D eigenvalue weighted by molar-refractivity contribution is 6.06. The summed E-state index contributed by atoms with van der Waals surface area (Å²) in [7, 11) is 0. The molecule has 0 bridgehead atoms. The highest BCUT2D eigenvalue weighted by atomic mass is 16.5. The summed E-state index contributed by atoms with van der Waals surface area (Å²) < 4.78 is 11.7. The molecule has 3 amide bonds. The number of amides is 3. The van der Waals surface area contributed by atoms with Gasteiger partial charge in [-0.05, 0) is 20.8 Å². The lowest BCUT2D eigenvalue weighted by molar-refractivity contribution is -0.183. The van der Waals surface area contributed by atoms with Gasteiger partial charge in [-0.3, -0.25) is 14.6 Å². The first-order chi connectivity index (χ1) is 10.8. The van der Waals surface area contributed by atoms with Gasteiger partial charge >= 0.3 is 6.03 Å². The van der Waals surface area contributed by atoms with Gasteiger partial charge in [-0.25, -0.2) is 4.79 Å². The Labute approximate surface area is 137 Å². The fourth-order valence-corrected chi connectivity index (χ4v) is 3.79.